The molecule has 0 unspecified atom stereocenters. The van der Waals surface area contributed by atoms with Crippen LogP contribution in [0.3, 0.4) is 0 Å². The summed E-state index contributed by atoms with van der Waals surface area (Å²) in [4.78, 5) is 17.5. The molecule has 0 spiro atoms. The van der Waals surface area contributed by atoms with E-state index in [0.29, 0.717) is 69.1 Å². The van der Waals surface area contributed by atoms with Crippen molar-refractivity contribution in [1.82, 2.24) is 4.98 Å². The Hall–Kier alpha value is -3.26. The maximum atomic E-state index is 13.4. The fraction of sp³-hybridized carbons (Fsp3) is 0.310. The highest BCUT2D eigenvalue weighted by Gasteiger charge is 2.25. The highest BCUT2D eigenvalue weighted by molar-refractivity contribution is 6.39. The third-order valence-corrected chi connectivity index (χ3v) is 7.18. The summed E-state index contributed by atoms with van der Waals surface area (Å²) in [6.07, 6.45) is 7.39. The van der Waals surface area contributed by atoms with E-state index in [0.717, 1.165) is 31.2 Å². The zero-order valence-electron chi connectivity index (χ0n) is 21.0. The summed E-state index contributed by atoms with van der Waals surface area (Å²) in [7, 11) is 1.56. The summed E-state index contributed by atoms with van der Waals surface area (Å²) in [6.45, 7) is 0.736. The normalized spacial score (nSPS) is 13.7. The van der Waals surface area contributed by atoms with Crippen LogP contribution in [0.15, 0.2) is 64.1 Å². The average molecular weight is 555 g/mol. The number of benzene rings is 2. The monoisotopic (exact) mass is 554 g/mol. The second-order valence-electron chi connectivity index (χ2n) is 9.13. The summed E-state index contributed by atoms with van der Waals surface area (Å²) in [5.74, 6) is 0.910. The van der Waals surface area contributed by atoms with Crippen molar-refractivity contribution in [2.45, 2.75) is 44.8 Å². The van der Waals surface area contributed by atoms with Gasteiger partial charge in [-0.15, -0.1) is 0 Å². The zero-order valence-corrected chi connectivity index (χ0v) is 22.5. The van der Waals surface area contributed by atoms with Gasteiger partial charge >= 0.3 is 5.63 Å². The molecule has 4 aromatic rings. The first-order valence-corrected chi connectivity index (χ1v) is 13.3. The molecule has 1 fully saturated rings. The van der Waals surface area contributed by atoms with Gasteiger partial charge in [-0.1, -0.05) is 53.5 Å². The maximum Gasteiger partial charge on any atom is 0.341 e. The van der Waals surface area contributed by atoms with Crippen molar-refractivity contribution >= 4 is 45.5 Å². The second-order valence-corrected chi connectivity index (χ2v) is 9.95. The van der Waals surface area contributed by atoms with E-state index in [-0.39, 0.29) is 6.10 Å². The Morgan fingerprint density at radius 1 is 1.03 bits per heavy atom. The fourth-order valence-electron chi connectivity index (χ4n) is 4.67. The van der Waals surface area contributed by atoms with E-state index >= 15 is 0 Å². The molecule has 1 N–H and O–H groups in total. The highest BCUT2D eigenvalue weighted by Crippen LogP contribution is 2.42. The van der Waals surface area contributed by atoms with Crippen LogP contribution >= 0.6 is 23.2 Å². The second kappa shape index (κ2) is 12.1. The SMILES string of the molecule is COc1ccc2c(Nc3c(Cl)cncc3Cl)c(CCOCc3ccccc3)c(=O)oc2c1OC1CCCC1. The molecule has 0 atom stereocenters. The largest absolute Gasteiger partial charge is 0.493 e. The van der Waals surface area contributed by atoms with Crippen LogP contribution in [0.4, 0.5) is 11.4 Å². The van der Waals surface area contributed by atoms with Crippen LogP contribution in [-0.4, -0.2) is 24.8 Å². The predicted molar refractivity (Wildman–Crippen MR) is 149 cm³/mol. The molecule has 1 saturated carbocycles. The van der Waals surface area contributed by atoms with Gasteiger partial charge in [-0.2, -0.15) is 0 Å². The van der Waals surface area contributed by atoms with Gasteiger partial charge in [-0.25, -0.2) is 4.79 Å². The maximum absolute atomic E-state index is 13.4. The molecule has 2 aromatic carbocycles. The van der Waals surface area contributed by atoms with Crippen LogP contribution < -0.4 is 20.4 Å². The van der Waals surface area contributed by atoms with Gasteiger partial charge in [0.25, 0.3) is 0 Å². The van der Waals surface area contributed by atoms with Gasteiger partial charge in [-0.05, 0) is 43.4 Å². The predicted octanol–water partition coefficient (Wildman–Crippen LogP) is 7.33. The van der Waals surface area contributed by atoms with Crippen molar-refractivity contribution < 1.29 is 18.6 Å². The van der Waals surface area contributed by atoms with Gasteiger partial charge in [0.05, 0.1) is 53.4 Å². The molecule has 2 aromatic heterocycles. The van der Waals surface area contributed by atoms with Gasteiger partial charge in [0, 0.05) is 24.2 Å². The molecule has 198 valence electrons. The standard InChI is InChI=1S/C29H28Cl2N2O5/c1-35-24-12-11-20-25(33-26-22(30)15-32-16-23(26)31)21(13-14-36-17-18-7-3-2-4-8-18)29(34)38-27(20)28(24)37-19-9-5-6-10-19/h2-4,7-8,11-12,15-16,19H,5-6,9-10,13-14,17H2,1H3,(H,32,33). The van der Waals surface area contributed by atoms with Gasteiger partial charge in [0.2, 0.25) is 5.75 Å². The summed E-state index contributed by atoms with van der Waals surface area (Å²) in [5, 5.41) is 4.57. The number of ether oxygens (including phenoxy) is 3. The lowest BCUT2D eigenvalue weighted by Crippen LogP contribution is -2.16. The quantitative estimate of drug-likeness (QED) is 0.162. The van der Waals surface area contributed by atoms with E-state index in [1.807, 2.05) is 42.5 Å². The Labute approximate surface area is 230 Å². The molecule has 38 heavy (non-hydrogen) atoms. The van der Waals surface area contributed by atoms with Crippen molar-refractivity contribution in [2.75, 3.05) is 19.0 Å². The number of hydrogen-bond acceptors (Lipinski definition) is 7. The average Bonchev–Trinajstić information content (AvgIpc) is 3.44. The number of halogens is 2. The van der Waals surface area contributed by atoms with Crippen molar-refractivity contribution in [2.24, 2.45) is 0 Å². The van der Waals surface area contributed by atoms with E-state index < -0.39 is 5.63 Å². The topological polar surface area (TPSA) is 82.8 Å². The van der Waals surface area contributed by atoms with Gasteiger partial charge in [0.1, 0.15) is 0 Å². The van der Waals surface area contributed by atoms with Crippen LogP contribution in [0.25, 0.3) is 11.0 Å². The summed E-state index contributed by atoms with van der Waals surface area (Å²) < 4.78 is 23.7. The number of anilines is 2. The molecule has 1 aliphatic carbocycles. The van der Waals surface area contributed by atoms with Crippen molar-refractivity contribution in [3.63, 3.8) is 0 Å². The molecule has 0 amide bonds. The molecule has 0 saturated heterocycles. The number of aromatic nitrogens is 1. The van der Waals surface area contributed by atoms with E-state index in [2.05, 4.69) is 10.3 Å². The summed E-state index contributed by atoms with van der Waals surface area (Å²) >= 11 is 12.9. The lowest BCUT2D eigenvalue weighted by Gasteiger charge is -2.20. The van der Waals surface area contributed by atoms with Crippen LogP contribution in [0.1, 0.15) is 36.8 Å². The number of nitrogens with one attached hydrogen (secondary N) is 1. The Morgan fingerprint density at radius 3 is 2.47 bits per heavy atom. The van der Waals surface area contributed by atoms with Crippen LogP contribution in [0, 0.1) is 0 Å². The van der Waals surface area contributed by atoms with Gasteiger partial charge in [0.15, 0.2) is 11.3 Å². The van der Waals surface area contributed by atoms with Crippen LogP contribution in [0.5, 0.6) is 11.5 Å². The Kier molecular flexibility index (Phi) is 8.37. The van der Waals surface area contributed by atoms with Crippen LogP contribution in [-0.2, 0) is 17.8 Å². The van der Waals surface area contributed by atoms with Crippen molar-refractivity contribution in [3.05, 3.63) is 86.5 Å². The molecular formula is C29H28Cl2N2O5. The Morgan fingerprint density at radius 2 is 1.76 bits per heavy atom. The number of pyridine rings is 1. The minimum atomic E-state index is -0.505. The number of nitrogens with zero attached hydrogens (tertiary/aromatic N) is 1. The van der Waals surface area contributed by atoms with Gasteiger partial charge < -0.3 is 23.9 Å². The zero-order chi connectivity index (χ0) is 26.5. The Bertz CT molecular complexity index is 1450. The van der Waals surface area contributed by atoms with E-state index in [1.165, 1.54) is 12.4 Å². The first-order chi connectivity index (χ1) is 18.5. The molecular weight excluding hydrogens is 527 g/mol. The smallest absolute Gasteiger partial charge is 0.341 e. The Balaban J connectivity index is 1.56. The molecule has 0 aliphatic heterocycles. The lowest BCUT2D eigenvalue weighted by atomic mass is 10.1. The van der Waals surface area contributed by atoms with E-state index in [4.69, 9.17) is 41.8 Å². The van der Waals surface area contributed by atoms with Crippen LogP contribution in [0.2, 0.25) is 10.0 Å². The molecule has 0 radical (unpaired) electrons. The fourth-order valence-corrected chi connectivity index (χ4v) is 5.13. The third kappa shape index (κ3) is 5.75. The first kappa shape index (κ1) is 26.4. The van der Waals surface area contributed by atoms with Gasteiger partial charge in [-0.3, -0.25) is 4.98 Å². The minimum absolute atomic E-state index is 0.0337. The highest BCUT2D eigenvalue weighted by atomic mass is 35.5. The van der Waals surface area contributed by atoms with Crippen molar-refractivity contribution in [3.8, 4) is 11.5 Å². The summed E-state index contributed by atoms with van der Waals surface area (Å²) in [5.41, 5.74) is 2.22. The van der Waals surface area contributed by atoms with E-state index in [9.17, 15) is 4.79 Å². The molecule has 7 nitrogen and oxygen atoms in total. The summed E-state index contributed by atoms with van der Waals surface area (Å²) in [6, 6.07) is 13.5. The molecule has 2 heterocycles. The van der Waals surface area contributed by atoms with Crippen molar-refractivity contribution in [1.29, 1.82) is 0 Å². The number of rotatable bonds is 10. The third-order valence-electron chi connectivity index (χ3n) is 6.61. The number of fused-ring (bicyclic) bond motifs is 1. The molecule has 0 bridgehead atoms. The molecule has 9 heteroatoms. The van der Waals surface area contributed by atoms with E-state index in [1.54, 1.807) is 7.11 Å². The minimum Gasteiger partial charge on any atom is -0.493 e. The first-order valence-electron chi connectivity index (χ1n) is 12.6. The lowest BCUT2D eigenvalue weighted by molar-refractivity contribution is 0.123. The molecule has 5 rings (SSSR count). The molecule has 1 aliphatic rings. The number of hydrogen-bond donors (Lipinski definition) is 1. The number of methoxy groups -OCH3 is 1.